The molecule has 4 nitrogen and oxygen atoms in total. The Morgan fingerprint density at radius 1 is 1.12 bits per heavy atom. The summed E-state index contributed by atoms with van der Waals surface area (Å²) >= 11 is 0. The molecule has 3 rings (SSSR count). The van der Waals surface area contributed by atoms with Crippen LogP contribution in [0.4, 0.5) is 10.1 Å². The highest BCUT2D eigenvalue weighted by atomic mass is 19.1. The summed E-state index contributed by atoms with van der Waals surface area (Å²) in [6.07, 6.45) is 0. The SMILES string of the molecule is Cc1ccc(F)c(N2CCN(C(=O)c3ccccc3)[C@@H](C)C2=O)c1. The van der Waals surface area contributed by atoms with Crippen molar-refractivity contribution in [2.75, 3.05) is 18.0 Å². The lowest BCUT2D eigenvalue weighted by Crippen LogP contribution is -2.58. The van der Waals surface area contributed by atoms with E-state index in [2.05, 4.69) is 0 Å². The number of amides is 2. The first-order chi connectivity index (χ1) is 11.5. The number of halogens is 1. The molecule has 2 aromatic rings. The van der Waals surface area contributed by atoms with Gasteiger partial charge in [-0.3, -0.25) is 9.59 Å². The Kier molecular flexibility index (Phi) is 4.34. The standard InChI is InChI=1S/C19H19FN2O2/c1-13-8-9-16(20)17(12-13)22-11-10-21(14(2)18(22)23)19(24)15-6-4-3-5-7-15/h3-9,12,14H,10-11H2,1-2H3/t14-/m0/s1. The highest BCUT2D eigenvalue weighted by Gasteiger charge is 2.36. The van der Waals surface area contributed by atoms with Gasteiger partial charge in [0, 0.05) is 18.7 Å². The molecule has 124 valence electrons. The van der Waals surface area contributed by atoms with Crippen LogP contribution < -0.4 is 4.90 Å². The summed E-state index contributed by atoms with van der Waals surface area (Å²) in [5.74, 6) is -0.875. The molecule has 0 saturated carbocycles. The molecule has 0 unspecified atom stereocenters. The largest absolute Gasteiger partial charge is 0.325 e. The van der Waals surface area contributed by atoms with E-state index in [0.717, 1.165) is 5.56 Å². The van der Waals surface area contributed by atoms with Gasteiger partial charge in [0.2, 0.25) is 5.91 Å². The molecule has 1 atom stereocenters. The van der Waals surface area contributed by atoms with Crippen LogP contribution in [-0.2, 0) is 4.79 Å². The molecule has 0 bridgehead atoms. The fraction of sp³-hybridized carbons (Fsp3) is 0.263. The molecular formula is C19H19FN2O2. The number of carbonyl (C=O) groups is 2. The Morgan fingerprint density at radius 3 is 2.54 bits per heavy atom. The number of hydrogen-bond acceptors (Lipinski definition) is 2. The smallest absolute Gasteiger partial charge is 0.254 e. The van der Waals surface area contributed by atoms with E-state index < -0.39 is 11.9 Å². The summed E-state index contributed by atoms with van der Waals surface area (Å²) in [6, 6.07) is 12.9. The normalized spacial score (nSPS) is 18.0. The molecule has 1 saturated heterocycles. The van der Waals surface area contributed by atoms with E-state index in [4.69, 9.17) is 0 Å². The second-order valence-corrected chi connectivity index (χ2v) is 5.99. The van der Waals surface area contributed by atoms with Crippen molar-refractivity contribution < 1.29 is 14.0 Å². The summed E-state index contributed by atoms with van der Waals surface area (Å²) in [6.45, 7) is 4.19. The van der Waals surface area contributed by atoms with E-state index in [1.165, 1.54) is 11.0 Å². The summed E-state index contributed by atoms with van der Waals surface area (Å²) in [5.41, 5.74) is 1.71. The number of piperazine rings is 1. The fourth-order valence-corrected chi connectivity index (χ4v) is 2.96. The Balaban J connectivity index is 1.84. The zero-order chi connectivity index (χ0) is 17.3. The van der Waals surface area contributed by atoms with Gasteiger partial charge in [0.25, 0.3) is 5.91 Å². The van der Waals surface area contributed by atoms with Crippen molar-refractivity contribution in [2.45, 2.75) is 19.9 Å². The number of hydrogen-bond donors (Lipinski definition) is 0. The first kappa shape index (κ1) is 16.2. The van der Waals surface area contributed by atoms with Crippen LogP contribution in [0.5, 0.6) is 0 Å². The summed E-state index contributed by atoms with van der Waals surface area (Å²) in [4.78, 5) is 28.3. The van der Waals surface area contributed by atoms with Crippen molar-refractivity contribution in [1.29, 1.82) is 0 Å². The van der Waals surface area contributed by atoms with Crippen molar-refractivity contribution in [3.8, 4) is 0 Å². The van der Waals surface area contributed by atoms with E-state index in [1.807, 2.05) is 13.0 Å². The molecule has 0 aromatic heterocycles. The van der Waals surface area contributed by atoms with Crippen LogP contribution >= 0.6 is 0 Å². The number of aryl methyl sites for hydroxylation is 1. The van der Waals surface area contributed by atoms with Crippen molar-refractivity contribution in [1.82, 2.24) is 4.90 Å². The van der Waals surface area contributed by atoms with Crippen LogP contribution in [0.2, 0.25) is 0 Å². The molecule has 0 aliphatic carbocycles. The predicted molar refractivity (Wildman–Crippen MR) is 90.4 cm³/mol. The zero-order valence-electron chi connectivity index (χ0n) is 13.7. The lowest BCUT2D eigenvalue weighted by atomic mass is 10.1. The highest BCUT2D eigenvalue weighted by molar-refractivity contribution is 6.03. The van der Waals surface area contributed by atoms with E-state index >= 15 is 0 Å². The topological polar surface area (TPSA) is 40.6 Å². The summed E-state index contributed by atoms with van der Waals surface area (Å²) in [5, 5.41) is 0. The second-order valence-electron chi connectivity index (χ2n) is 5.99. The maximum Gasteiger partial charge on any atom is 0.254 e. The minimum Gasteiger partial charge on any atom is -0.325 e. The lowest BCUT2D eigenvalue weighted by molar-refractivity contribution is -0.124. The maximum absolute atomic E-state index is 14.1. The summed E-state index contributed by atoms with van der Waals surface area (Å²) in [7, 11) is 0. The molecule has 0 radical (unpaired) electrons. The van der Waals surface area contributed by atoms with Gasteiger partial charge in [-0.2, -0.15) is 0 Å². The van der Waals surface area contributed by atoms with Crippen LogP contribution in [-0.4, -0.2) is 35.8 Å². The van der Waals surface area contributed by atoms with Gasteiger partial charge in [0.1, 0.15) is 11.9 Å². The number of benzene rings is 2. The van der Waals surface area contributed by atoms with Crippen LogP contribution in [0, 0.1) is 12.7 Å². The average molecular weight is 326 g/mol. The molecule has 1 aliphatic rings. The van der Waals surface area contributed by atoms with Gasteiger partial charge in [0.15, 0.2) is 0 Å². The van der Waals surface area contributed by atoms with Crippen LogP contribution in [0.25, 0.3) is 0 Å². The molecule has 2 amide bonds. The van der Waals surface area contributed by atoms with Crippen LogP contribution in [0.15, 0.2) is 48.5 Å². The predicted octanol–water partition coefficient (Wildman–Crippen LogP) is 3.01. The van der Waals surface area contributed by atoms with Crippen molar-refractivity contribution in [2.24, 2.45) is 0 Å². The third-order valence-electron chi connectivity index (χ3n) is 4.33. The van der Waals surface area contributed by atoms with Gasteiger partial charge in [-0.15, -0.1) is 0 Å². The summed E-state index contributed by atoms with van der Waals surface area (Å²) < 4.78 is 14.1. The first-order valence-corrected chi connectivity index (χ1v) is 7.92. The van der Waals surface area contributed by atoms with Crippen LogP contribution in [0.3, 0.4) is 0 Å². The molecule has 0 N–H and O–H groups in total. The third-order valence-corrected chi connectivity index (χ3v) is 4.33. The second kappa shape index (κ2) is 6.43. The first-order valence-electron chi connectivity index (χ1n) is 7.92. The Hall–Kier alpha value is -2.69. The van der Waals surface area contributed by atoms with Gasteiger partial charge in [-0.25, -0.2) is 4.39 Å². The minimum absolute atomic E-state index is 0.180. The molecule has 1 fully saturated rings. The van der Waals surface area contributed by atoms with Gasteiger partial charge in [-0.1, -0.05) is 24.3 Å². The van der Waals surface area contributed by atoms with E-state index in [1.54, 1.807) is 48.2 Å². The van der Waals surface area contributed by atoms with E-state index in [9.17, 15) is 14.0 Å². The van der Waals surface area contributed by atoms with E-state index in [-0.39, 0.29) is 24.0 Å². The van der Waals surface area contributed by atoms with Gasteiger partial charge < -0.3 is 9.80 Å². The Labute approximate surface area is 140 Å². The maximum atomic E-state index is 14.1. The van der Waals surface area contributed by atoms with Gasteiger partial charge in [0.05, 0.1) is 5.69 Å². The molecule has 1 aliphatic heterocycles. The van der Waals surface area contributed by atoms with Crippen LogP contribution in [0.1, 0.15) is 22.8 Å². The molecule has 1 heterocycles. The average Bonchev–Trinajstić information content (AvgIpc) is 2.60. The Bertz CT molecular complexity index is 776. The monoisotopic (exact) mass is 326 g/mol. The fourth-order valence-electron chi connectivity index (χ4n) is 2.96. The number of rotatable bonds is 2. The van der Waals surface area contributed by atoms with Crippen molar-refractivity contribution in [3.63, 3.8) is 0 Å². The van der Waals surface area contributed by atoms with Crippen molar-refractivity contribution >= 4 is 17.5 Å². The quantitative estimate of drug-likeness (QED) is 0.851. The highest BCUT2D eigenvalue weighted by Crippen LogP contribution is 2.25. The molecule has 0 spiro atoms. The lowest BCUT2D eigenvalue weighted by Gasteiger charge is -2.39. The number of anilines is 1. The molecule has 5 heteroatoms. The van der Waals surface area contributed by atoms with Gasteiger partial charge in [-0.05, 0) is 43.7 Å². The van der Waals surface area contributed by atoms with Crippen molar-refractivity contribution in [3.05, 3.63) is 65.5 Å². The Morgan fingerprint density at radius 2 is 1.83 bits per heavy atom. The molecule has 2 aromatic carbocycles. The number of nitrogens with zero attached hydrogens (tertiary/aromatic N) is 2. The van der Waals surface area contributed by atoms with E-state index in [0.29, 0.717) is 12.1 Å². The van der Waals surface area contributed by atoms with Gasteiger partial charge >= 0.3 is 0 Å². The molecule has 24 heavy (non-hydrogen) atoms. The third kappa shape index (κ3) is 2.89. The minimum atomic E-state index is -0.633. The zero-order valence-corrected chi connectivity index (χ0v) is 13.7. The number of carbonyl (C=O) groups excluding carboxylic acids is 2. The molecular weight excluding hydrogens is 307 g/mol.